The topological polar surface area (TPSA) is 29.5 Å². The minimum atomic E-state index is -4.46. The molecule has 1 fully saturated rings. The summed E-state index contributed by atoms with van der Waals surface area (Å²) < 4.78 is 43.2. The van der Waals surface area contributed by atoms with Crippen molar-refractivity contribution in [2.45, 2.75) is 6.18 Å². The quantitative estimate of drug-likeness (QED) is 0.758. The first kappa shape index (κ1) is 11.9. The predicted octanol–water partition coefficient (Wildman–Crippen LogP) is 2.07. The third kappa shape index (κ3) is 2.41. The molecule has 0 atom stereocenters. The molecule has 0 bridgehead atoms. The van der Waals surface area contributed by atoms with E-state index in [9.17, 15) is 18.0 Å². The Morgan fingerprint density at radius 3 is 2.59 bits per heavy atom. The lowest BCUT2D eigenvalue weighted by Gasteiger charge is -2.29. The maximum absolute atomic E-state index is 12.8. The summed E-state index contributed by atoms with van der Waals surface area (Å²) in [4.78, 5) is 12.6. The van der Waals surface area contributed by atoms with Gasteiger partial charge >= 0.3 is 6.18 Å². The number of alkyl halides is 3. The molecule has 0 radical (unpaired) electrons. The normalized spacial score (nSPS) is 17.4. The molecule has 0 aromatic heterocycles. The van der Waals surface area contributed by atoms with Crippen molar-refractivity contribution in [3.05, 3.63) is 29.8 Å². The fraction of sp³-hybridized carbons (Fsp3) is 0.364. The van der Waals surface area contributed by atoms with Gasteiger partial charge in [0.1, 0.15) is 6.61 Å². The van der Waals surface area contributed by atoms with Crippen LogP contribution in [0, 0.1) is 0 Å². The third-order valence-corrected chi connectivity index (χ3v) is 2.49. The highest BCUT2D eigenvalue weighted by Gasteiger charge is 2.36. The minimum absolute atomic E-state index is 0.103. The Hall–Kier alpha value is -1.56. The largest absolute Gasteiger partial charge is 0.418 e. The first-order chi connectivity index (χ1) is 8.00. The van der Waals surface area contributed by atoms with Crippen molar-refractivity contribution in [2.24, 2.45) is 0 Å². The second kappa shape index (κ2) is 4.37. The number of hydrogen-bond acceptors (Lipinski definition) is 2. The number of para-hydroxylation sites is 1. The number of carbonyl (C=O) groups is 1. The predicted molar refractivity (Wildman–Crippen MR) is 54.6 cm³/mol. The molecule has 3 nitrogen and oxygen atoms in total. The average Bonchev–Trinajstić information content (AvgIpc) is 2.28. The Kier molecular flexibility index (Phi) is 3.06. The number of anilines is 1. The zero-order valence-corrected chi connectivity index (χ0v) is 8.83. The van der Waals surface area contributed by atoms with Gasteiger partial charge in [-0.15, -0.1) is 0 Å². The highest BCUT2D eigenvalue weighted by molar-refractivity contribution is 5.95. The van der Waals surface area contributed by atoms with Crippen molar-refractivity contribution < 1.29 is 22.7 Å². The Balaban J connectivity index is 2.41. The molecule has 17 heavy (non-hydrogen) atoms. The number of halogens is 3. The number of carbonyl (C=O) groups excluding carboxylic acids is 1. The number of hydrogen-bond donors (Lipinski definition) is 0. The summed E-state index contributed by atoms with van der Waals surface area (Å²) >= 11 is 0. The van der Waals surface area contributed by atoms with Crippen molar-refractivity contribution in [1.29, 1.82) is 0 Å². The van der Waals surface area contributed by atoms with Crippen LogP contribution in [-0.4, -0.2) is 25.7 Å². The average molecular weight is 245 g/mol. The van der Waals surface area contributed by atoms with Crippen LogP contribution < -0.4 is 4.90 Å². The highest BCUT2D eigenvalue weighted by Crippen LogP contribution is 2.36. The Bertz CT molecular complexity index is 431. The highest BCUT2D eigenvalue weighted by atomic mass is 19.4. The van der Waals surface area contributed by atoms with Gasteiger partial charge in [-0.3, -0.25) is 4.79 Å². The van der Waals surface area contributed by atoms with Crippen molar-refractivity contribution in [2.75, 3.05) is 24.7 Å². The molecule has 0 aliphatic carbocycles. The Morgan fingerprint density at radius 2 is 1.94 bits per heavy atom. The Labute approximate surface area is 95.8 Å². The maximum Gasteiger partial charge on any atom is 0.418 e. The summed E-state index contributed by atoms with van der Waals surface area (Å²) in [6, 6.07) is 5.05. The van der Waals surface area contributed by atoms with Crippen molar-refractivity contribution >= 4 is 11.6 Å². The van der Waals surface area contributed by atoms with Gasteiger partial charge in [-0.25, -0.2) is 0 Å². The molecular formula is C11H10F3NO2. The molecule has 0 N–H and O–H groups in total. The first-order valence-corrected chi connectivity index (χ1v) is 5.04. The lowest BCUT2D eigenvalue weighted by atomic mass is 10.1. The van der Waals surface area contributed by atoms with E-state index in [-0.39, 0.29) is 25.4 Å². The third-order valence-electron chi connectivity index (χ3n) is 2.49. The second-order valence-electron chi connectivity index (χ2n) is 3.61. The van der Waals surface area contributed by atoms with Gasteiger partial charge in [-0.05, 0) is 12.1 Å². The number of rotatable bonds is 1. The molecule has 0 spiro atoms. The smallest absolute Gasteiger partial charge is 0.370 e. The van der Waals surface area contributed by atoms with Gasteiger partial charge in [0.2, 0.25) is 0 Å². The molecule has 1 aliphatic rings. The van der Waals surface area contributed by atoms with Crippen LogP contribution in [-0.2, 0) is 15.7 Å². The fourth-order valence-electron chi connectivity index (χ4n) is 1.72. The van der Waals surface area contributed by atoms with E-state index in [1.54, 1.807) is 0 Å². The molecule has 1 saturated heterocycles. The van der Waals surface area contributed by atoms with E-state index in [2.05, 4.69) is 0 Å². The van der Waals surface area contributed by atoms with E-state index in [4.69, 9.17) is 4.74 Å². The van der Waals surface area contributed by atoms with E-state index >= 15 is 0 Å². The van der Waals surface area contributed by atoms with E-state index in [0.717, 1.165) is 11.0 Å². The number of benzene rings is 1. The molecule has 1 aliphatic heterocycles. The molecule has 0 unspecified atom stereocenters. The summed E-state index contributed by atoms with van der Waals surface area (Å²) in [5.74, 6) is -0.451. The molecule has 1 heterocycles. The van der Waals surface area contributed by atoms with Crippen molar-refractivity contribution in [3.63, 3.8) is 0 Å². The van der Waals surface area contributed by atoms with Crippen molar-refractivity contribution in [1.82, 2.24) is 0 Å². The summed E-state index contributed by atoms with van der Waals surface area (Å²) in [6.07, 6.45) is -4.46. The number of morpholine rings is 1. The lowest BCUT2D eigenvalue weighted by molar-refractivity contribution is -0.137. The molecule has 92 valence electrons. The molecular weight excluding hydrogens is 235 g/mol. The van der Waals surface area contributed by atoms with E-state index in [1.807, 2.05) is 0 Å². The fourth-order valence-corrected chi connectivity index (χ4v) is 1.72. The second-order valence-corrected chi connectivity index (χ2v) is 3.61. The summed E-state index contributed by atoms with van der Waals surface area (Å²) in [5.41, 5.74) is -0.899. The van der Waals surface area contributed by atoms with Crippen LogP contribution in [0.4, 0.5) is 18.9 Å². The van der Waals surface area contributed by atoms with Crippen molar-refractivity contribution in [3.8, 4) is 0 Å². The minimum Gasteiger partial charge on any atom is -0.370 e. The van der Waals surface area contributed by atoms with Crippen LogP contribution >= 0.6 is 0 Å². The van der Waals surface area contributed by atoms with Crippen LogP contribution in [0.2, 0.25) is 0 Å². The zero-order chi connectivity index (χ0) is 12.5. The SMILES string of the molecule is O=C1COCCN1c1ccccc1C(F)(F)F. The number of amides is 1. The van der Waals surface area contributed by atoms with Gasteiger partial charge in [0, 0.05) is 6.54 Å². The van der Waals surface area contributed by atoms with Gasteiger partial charge in [0.25, 0.3) is 5.91 Å². The Morgan fingerprint density at radius 1 is 1.24 bits per heavy atom. The van der Waals surface area contributed by atoms with Crippen LogP contribution in [0.1, 0.15) is 5.56 Å². The van der Waals surface area contributed by atoms with Gasteiger partial charge in [0.15, 0.2) is 0 Å². The standard InChI is InChI=1S/C11H10F3NO2/c12-11(13,14)8-3-1-2-4-9(8)15-5-6-17-7-10(15)16/h1-4H,5-7H2. The van der Waals surface area contributed by atoms with E-state index in [1.165, 1.54) is 18.2 Å². The van der Waals surface area contributed by atoms with Crippen LogP contribution in [0.3, 0.4) is 0 Å². The van der Waals surface area contributed by atoms with Crippen LogP contribution in [0.25, 0.3) is 0 Å². The number of ether oxygens (including phenoxy) is 1. The molecule has 0 saturated carbocycles. The van der Waals surface area contributed by atoms with Crippen LogP contribution in [0.5, 0.6) is 0 Å². The monoisotopic (exact) mass is 245 g/mol. The zero-order valence-electron chi connectivity index (χ0n) is 8.83. The van der Waals surface area contributed by atoms with Gasteiger partial charge < -0.3 is 9.64 Å². The summed E-state index contributed by atoms with van der Waals surface area (Å²) in [6.45, 7) is 0.218. The molecule has 1 amide bonds. The lowest BCUT2D eigenvalue weighted by Crippen LogP contribution is -2.42. The van der Waals surface area contributed by atoms with Gasteiger partial charge in [-0.2, -0.15) is 13.2 Å². The van der Waals surface area contributed by atoms with Gasteiger partial charge in [-0.1, -0.05) is 12.1 Å². The summed E-state index contributed by atoms with van der Waals surface area (Å²) in [5, 5.41) is 0. The summed E-state index contributed by atoms with van der Waals surface area (Å²) in [7, 11) is 0. The molecule has 6 heteroatoms. The maximum atomic E-state index is 12.8. The first-order valence-electron chi connectivity index (χ1n) is 5.04. The molecule has 1 aromatic rings. The van der Waals surface area contributed by atoms with Gasteiger partial charge in [0.05, 0.1) is 17.9 Å². The molecule has 2 rings (SSSR count). The van der Waals surface area contributed by atoms with Crippen LogP contribution in [0.15, 0.2) is 24.3 Å². The molecule has 1 aromatic carbocycles. The van der Waals surface area contributed by atoms with E-state index < -0.39 is 17.6 Å². The van der Waals surface area contributed by atoms with E-state index in [0.29, 0.717) is 0 Å². The number of nitrogens with zero attached hydrogens (tertiary/aromatic N) is 1.